The minimum absolute atomic E-state index is 0.340. The molecule has 19 heavy (non-hydrogen) atoms. The fourth-order valence-electron chi connectivity index (χ4n) is 2.41. The first-order valence-electron chi connectivity index (χ1n) is 6.62. The van der Waals surface area contributed by atoms with Gasteiger partial charge in [-0.25, -0.2) is 4.79 Å². The maximum Gasteiger partial charge on any atom is 0.335 e. The van der Waals surface area contributed by atoms with Crippen LogP contribution >= 0.6 is 0 Å². The van der Waals surface area contributed by atoms with Crippen molar-refractivity contribution < 1.29 is 9.90 Å². The number of benzene rings is 1. The van der Waals surface area contributed by atoms with E-state index in [9.17, 15) is 4.79 Å². The van der Waals surface area contributed by atoms with Crippen molar-refractivity contribution in [2.45, 2.75) is 6.42 Å². The molecule has 0 spiro atoms. The number of hydrogen-bond donors (Lipinski definition) is 1. The minimum Gasteiger partial charge on any atom is -0.478 e. The van der Waals surface area contributed by atoms with Crippen molar-refractivity contribution >= 4 is 11.7 Å². The molecule has 0 unspecified atom stereocenters. The Morgan fingerprint density at radius 3 is 2.58 bits per heavy atom. The van der Waals surface area contributed by atoms with Gasteiger partial charge in [-0.3, -0.25) is 4.90 Å². The predicted molar refractivity (Wildman–Crippen MR) is 76.9 cm³/mol. The van der Waals surface area contributed by atoms with E-state index in [0.717, 1.165) is 44.8 Å². The Morgan fingerprint density at radius 1 is 1.21 bits per heavy atom. The van der Waals surface area contributed by atoms with Gasteiger partial charge in [-0.2, -0.15) is 0 Å². The van der Waals surface area contributed by atoms with Gasteiger partial charge in [-0.15, -0.1) is 6.58 Å². The van der Waals surface area contributed by atoms with Crippen LogP contribution in [0.1, 0.15) is 16.8 Å². The third-order valence-corrected chi connectivity index (χ3v) is 3.46. The summed E-state index contributed by atoms with van der Waals surface area (Å²) in [5.41, 5.74) is 1.44. The van der Waals surface area contributed by atoms with Crippen molar-refractivity contribution in [2.75, 3.05) is 37.6 Å². The summed E-state index contributed by atoms with van der Waals surface area (Å²) in [6, 6.07) is 7.13. The highest BCUT2D eigenvalue weighted by molar-refractivity contribution is 5.88. The molecule has 1 fully saturated rings. The van der Waals surface area contributed by atoms with Gasteiger partial charge >= 0.3 is 5.97 Å². The van der Waals surface area contributed by atoms with Crippen molar-refractivity contribution in [2.24, 2.45) is 0 Å². The molecule has 0 aromatic heterocycles. The maximum atomic E-state index is 10.8. The highest BCUT2D eigenvalue weighted by Gasteiger charge is 2.14. The molecule has 1 saturated heterocycles. The molecule has 1 aliphatic heterocycles. The highest BCUT2D eigenvalue weighted by Crippen LogP contribution is 2.17. The van der Waals surface area contributed by atoms with E-state index >= 15 is 0 Å². The van der Waals surface area contributed by atoms with E-state index in [4.69, 9.17) is 5.11 Å². The molecule has 1 heterocycles. The standard InChI is InChI=1S/C15H20N2O2/c1-2-8-16-9-3-10-17(12-11-16)14-6-4-13(5-7-14)15(18)19/h2,4-7H,1,3,8-12H2,(H,18,19). The lowest BCUT2D eigenvalue weighted by Gasteiger charge is -2.23. The summed E-state index contributed by atoms with van der Waals surface area (Å²) in [5.74, 6) is -0.875. The second-order valence-electron chi connectivity index (χ2n) is 4.78. The Balaban J connectivity index is 2.01. The van der Waals surface area contributed by atoms with E-state index in [1.165, 1.54) is 0 Å². The van der Waals surface area contributed by atoms with Crippen molar-refractivity contribution in [3.05, 3.63) is 42.5 Å². The molecule has 102 valence electrons. The van der Waals surface area contributed by atoms with Crippen LogP contribution in [-0.4, -0.2) is 48.7 Å². The zero-order valence-corrected chi connectivity index (χ0v) is 11.1. The lowest BCUT2D eigenvalue weighted by molar-refractivity contribution is 0.0697. The molecule has 0 amide bonds. The molecule has 4 nitrogen and oxygen atoms in total. The summed E-state index contributed by atoms with van der Waals surface area (Å²) < 4.78 is 0. The Labute approximate surface area is 113 Å². The Hall–Kier alpha value is -1.81. The van der Waals surface area contributed by atoms with Gasteiger partial charge in [0.05, 0.1) is 5.56 Å². The van der Waals surface area contributed by atoms with Crippen LogP contribution in [0.25, 0.3) is 0 Å². The predicted octanol–water partition coefficient (Wildman–Crippen LogP) is 2.08. The summed E-state index contributed by atoms with van der Waals surface area (Å²) in [6.45, 7) is 8.81. The highest BCUT2D eigenvalue weighted by atomic mass is 16.4. The molecule has 0 atom stereocenters. The lowest BCUT2D eigenvalue weighted by Crippen LogP contribution is -2.30. The van der Waals surface area contributed by atoms with E-state index in [0.29, 0.717) is 5.56 Å². The first-order valence-corrected chi connectivity index (χ1v) is 6.62. The molecule has 0 bridgehead atoms. The molecule has 1 aromatic carbocycles. The fourth-order valence-corrected chi connectivity index (χ4v) is 2.41. The summed E-state index contributed by atoms with van der Waals surface area (Å²) in [5, 5.41) is 8.90. The largest absolute Gasteiger partial charge is 0.478 e. The van der Waals surface area contributed by atoms with Gasteiger partial charge in [0, 0.05) is 38.4 Å². The van der Waals surface area contributed by atoms with Crippen molar-refractivity contribution in [1.29, 1.82) is 0 Å². The van der Waals surface area contributed by atoms with Gasteiger partial charge in [0.1, 0.15) is 0 Å². The molecule has 1 aromatic rings. The number of carboxylic acid groups (broad SMARTS) is 1. The molecule has 2 rings (SSSR count). The SMILES string of the molecule is C=CCN1CCCN(c2ccc(C(=O)O)cc2)CC1. The van der Waals surface area contributed by atoms with Crippen LogP contribution in [0.2, 0.25) is 0 Å². The van der Waals surface area contributed by atoms with Crippen LogP contribution in [-0.2, 0) is 0 Å². The molecular weight excluding hydrogens is 240 g/mol. The van der Waals surface area contributed by atoms with Crippen LogP contribution in [0.5, 0.6) is 0 Å². The number of rotatable bonds is 4. The topological polar surface area (TPSA) is 43.8 Å². The van der Waals surface area contributed by atoms with E-state index in [-0.39, 0.29) is 0 Å². The Morgan fingerprint density at radius 2 is 1.95 bits per heavy atom. The van der Waals surface area contributed by atoms with Crippen molar-refractivity contribution in [3.63, 3.8) is 0 Å². The Bertz CT molecular complexity index is 442. The zero-order valence-electron chi connectivity index (χ0n) is 11.1. The summed E-state index contributed by atoms with van der Waals surface area (Å²) >= 11 is 0. The summed E-state index contributed by atoms with van der Waals surface area (Å²) in [7, 11) is 0. The van der Waals surface area contributed by atoms with Crippen molar-refractivity contribution in [3.8, 4) is 0 Å². The molecule has 0 aliphatic carbocycles. The van der Waals surface area contributed by atoms with Crippen LogP contribution in [0.3, 0.4) is 0 Å². The third kappa shape index (κ3) is 3.58. The van der Waals surface area contributed by atoms with Gasteiger partial charge in [-0.1, -0.05) is 6.08 Å². The number of hydrogen-bond acceptors (Lipinski definition) is 3. The summed E-state index contributed by atoms with van der Waals surface area (Å²) in [4.78, 5) is 15.5. The molecule has 1 N–H and O–H groups in total. The molecule has 1 aliphatic rings. The van der Waals surface area contributed by atoms with E-state index in [1.54, 1.807) is 12.1 Å². The number of carboxylic acids is 1. The van der Waals surface area contributed by atoms with Gasteiger partial charge in [-0.05, 0) is 30.7 Å². The van der Waals surface area contributed by atoms with Crippen LogP contribution in [0, 0.1) is 0 Å². The number of nitrogens with zero attached hydrogens (tertiary/aromatic N) is 2. The zero-order chi connectivity index (χ0) is 13.7. The van der Waals surface area contributed by atoms with Gasteiger partial charge < -0.3 is 10.0 Å². The average molecular weight is 260 g/mol. The molecule has 4 heteroatoms. The minimum atomic E-state index is -0.875. The van der Waals surface area contributed by atoms with E-state index in [2.05, 4.69) is 16.4 Å². The molecule has 0 radical (unpaired) electrons. The summed E-state index contributed by atoms with van der Waals surface area (Å²) in [6.07, 6.45) is 3.06. The molecular formula is C15H20N2O2. The quantitative estimate of drug-likeness (QED) is 0.842. The van der Waals surface area contributed by atoms with Gasteiger partial charge in [0.25, 0.3) is 0 Å². The lowest BCUT2D eigenvalue weighted by atomic mass is 10.2. The average Bonchev–Trinajstić information content (AvgIpc) is 2.65. The number of anilines is 1. The van der Waals surface area contributed by atoms with Crippen LogP contribution in [0.4, 0.5) is 5.69 Å². The van der Waals surface area contributed by atoms with E-state index < -0.39 is 5.97 Å². The molecule has 0 saturated carbocycles. The third-order valence-electron chi connectivity index (χ3n) is 3.46. The number of carbonyl (C=O) groups is 1. The van der Waals surface area contributed by atoms with Gasteiger partial charge in [0.2, 0.25) is 0 Å². The second kappa shape index (κ2) is 6.38. The number of aromatic carboxylic acids is 1. The normalized spacial score (nSPS) is 16.9. The van der Waals surface area contributed by atoms with Crippen LogP contribution < -0.4 is 4.90 Å². The first-order chi connectivity index (χ1) is 9.20. The maximum absolute atomic E-state index is 10.8. The fraction of sp³-hybridized carbons (Fsp3) is 0.400. The van der Waals surface area contributed by atoms with Gasteiger partial charge in [0.15, 0.2) is 0 Å². The first kappa shape index (κ1) is 13.6. The van der Waals surface area contributed by atoms with Crippen molar-refractivity contribution in [1.82, 2.24) is 4.90 Å². The Kier molecular flexibility index (Phi) is 4.58. The smallest absolute Gasteiger partial charge is 0.335 e. The second-order valence-corrected chi connectivity index (χ2v) is 4.78. The van der Waals surface area contributed by atoms with Crippen LogP contribution in [0.15, 0.2) is 36.9 Å². The monoisotopic (exact) mass is 260 g/mol. The van der Waals surface area contributed by atoms with E-state index in [1.807, 2.05) is 18.2 Å².